The zero-order valence-corrected chi connectivity index (χ0v) is 15.8. The first-order valence-corrected chi connectivity index (χ1v) is 8.72. The van der Waals surface area contributed by atoms with Crippen molar-refractivity contribution in [3.05, 3.63) is 82.5 Å². The van der Waals surface area contributed by atoms with Gasteiger partial charge in [0.25, 0.3) is 5.91 Å². The molecule has 0 radical (unpaired) electrons. The molecule has 0 spiro atoms. The summed E-state index contributed by atoms with van der Waals surface area (Å²) in [6, 6.07) is 16.1. The van der Waals surface area contributed by atoms with Gasteiger partial charge in [-0.05, 0) is 60.5 Å². The lowest BCUT2D eigenvalue weighted by molar-refractivity contribution is 0.102. The summed E-state index contributed by atoms with van der Waals surface area (Å²) in [7, 11) is 1.54. The second-order valence-corrected chi connectivity index (χ2v) is 6.39. The molecule has 0 fully saturated rings. The maximum atomic E-state index is 12.5. The molecule has 0 aliphatic rings. The van der Waals surface area contributed by atoms with Gasteiger partial charge in [-0.1, -0.05) is 23.7 Å². The van der Waals surface area contributed by atoms with E-state index in [1.54, 1.807) is 30.5 Å². The fraction of sp³-hybridized carbons (Fsp3) is 0.143. The largest absolute Gasteiger partial charge is 0.493 e. The van der Waals surface area contributed by atoms with Crippen LogP contribution in [0.3, 0.4) is 0 Å². The summed E-state index contributed by atoms with van der Waals surface area (Å²) in [4.78, 5) is 16.6. The molecular weight excluding hydrogens is 364 g/mol. The molecule has 0 unspecified atom stereocenters. The first kappa shape index (κ1) is 18.7. The zero-order chi connectivity index (χ0) is 19.2. The predicted molar refractivity (Wildman–Crippen MR) is 106 cm³/mol. The highest BCUT2D eigenvalue weighted by Crippen LogP contribution is 2.29. The molecule has 1 amide bonds. The van der Waals surface area contributed by atoms with Crippen molar-refractivity contribution in [2.24, 2.45) is 0 Å². The van der Waals surface area contributed by atoms with Gasteiger partial charge in [-0.2, -0.15) is 0 Å². The highest BCUT2D eigenvalue weighted by atomic mass is 35.5. The molecule has 27 heavy (non-hydrogen) atoms. The SMILES string of the molecule is COc1cc(C(=O)Nc2cc(C)ccn2)ccc1OCc1ccc(Cl)cc1. The molecule has 0 aliphatic carbocycles. The van der Waals surface area contributed by atoms with Gasteiger partial charge in [0, 0.05) is 16.8 Å². The molecular formula is C21H19ClN2O3. The first-order valence-electron chi connectivity index (χ1n) is 8.34. The van der Waals surface area contributed by atoms with Crippen molar-refractivity contribution in [2.45, 2.75) is 13.5 Å². The minimum absolute atomic E-state index is 0.268. The van der Waals surface area contributed by atoms with Gasteiger partial charge in [-0.15, -0.1) is 0 Å². The second-order valence-electron chi connectivity index (χ2n) is 5.95. The Labute approximate surface area is 162 Å². The van der Waals surface area contributed by atoms with Gasteiger partial charge >= 0.3 is 0 Å². The molecule has 1 aromatic heterocycles. The monoisotopic (exact) mass is 382 g/mol. The lowest BCUT2D eigenvalue weighted by Gasteiger charge is -2.12. The lowest BCUT2D eigenvalue weighted by atomic mass is 10.2. The third-order valence-electron chi connectivity index (χ3n) is 3.89. The molecule has 0 atom stereocenters. The van der Waals surface area contributed by atoms with Crippen LogP contribution in [0.25, 0.3) is 0 Å². The molecule has 0 aliphatic heterocycles. The summed E-state index contributed by atoms with van der Waals surface area (Å²) < 4.78 is 11.2. The van der Waals surface area contributed by atoms with Crippen LogP contribution in [0, 0.1) is 6.92 Å². The highest BCUT2D eigenvalue weighted by Gasteiger charge is 2.12. The number of ether oxygens (including phenoxy) is 2. The second kappa shape index (κ2) is 8.56. The number of carbonyl (C=O) groups is 1. The summed E-state index contributed by atoms with van der Waals surface area (Å²) in [5, 5.41) is 3.45. The van der Waals surface area contributed by atoms with Crippen molar-refractivity contribution in [3.63, 3.8) is 0 Å². The number of methoxy groups -OCH3 is 1. The topological polar surface area (TPSA) is 60.5 Å². The Hall–Kier alpha value is -3.05. The van der Waals surface area contributed by atoms with Gasteiger partial charge < -0.3 is 14.8 Å². The Morgan fingerprint density at radius 2 is 1.85 bits per heavy atom. The number of nitrogens with zero attached hydrogens (tertiary/aromatic N) is 1. The van der Waals surface area contributed by atoms with E-state index in [9.17, 15) is 4.79 Å². The number of rotatable bonds is 6. The number of hydrogen-bond donors (Lipinski definition) is 1. The minimum Gasteiger partial charge on any atom is -0.493 e. The van der Waals surface area contributed by atoms with Gasteiger partial charge in [-0.3, -0.25) is 4.79 Å². The first-order chi connectivity index (χ1) is 13.0. The highest BCUT2D eigenvalue weighted by molar-refractivity contribution is 6.30. The average molecular weight is 383 g/mol. The Bertz CT molecular complexity index is 942. The van der Waals surface area contributed by atoms with Crippen molar-refractivity contribution in [1.29, 1.82) is 0 Å². The number of halogens is 1. The molecule has 0 bridgehead atoms. The van der Waals surface area contributed by atoms with Crippen LogP contribution in [0.4, 0.5) is 5.82 Å². The van der Waals surface area contributed by atoms with Crippen molar-refractivity contribution < 1.29 is 14.3 Å². The summed E-state index contributed by atoms with van der Waals surface area (Å²) in [6.07, 6.45) is 1.65. The number of aromatic nitrogens is 1. The van der Waals surface area contributed by atoms with Gasteiger partial charge in [0.15, 0.2) is 11.5 Å². The van der Waals surface area contributed by atoms with Gasteiger partial charge in [-0.25, -0.2) is 4.98 Å². The Morgan fingerprint density at radius 1 is 1.07 bits per heavy atom. The van der Waals surface area contributed by atoms with Crippen molar-refractivity contribution in [3.8, 4) is 11.5 Å². The van der Waals surface area contributed by atoms with E-state index in [0.29, 0.717) is 34.5 Å². The van der Waals surface area contributed by atoms with Crippen molar-refractivity contribution in [1.82, 2.24) is 4.98 Å². The van der Waals surface area contributed by atoms with Crippen LogP contribution in [0.1, 0.15) is 21.5 Å². The van der Waals surface area contributed by atoms with Crippen LogP contribution in [-0.2, 0) is 6.61 Å². The van der Waals surface area contributed by atoms with Crippen LogP contribution in [-0.4, -0.2) is 18.0 Å². The van der Waals surface area contributed by atoms with Crippen LogP contribution >= 0.6 is 11.6 Å². The van der Waals surface area contributed by atoms with E-state index in [-0.39, 0.29) is 5.91 Å². The lowest BCUT2D eigenvalue weighted by Crippen LogP contribution is -2.13. The van der Waals surface area contributed by atoms with E-state index in [1.807, 2.05) is 37.3 Å². The normalized spacial score (nSPS) is 10.3. The molecule has 6 heteroatoms. The number of benzene rings is 2. The van der Waals surface area contributed by atoms with E-state index in [1.165, 1.54) is 7.11 Å². The van der Waals surface area contributed by atoms with Crippen LogP contribution in [0.5, 0.6) is 11.5 Å². The molecule has 1 N–H and O–H groups in total. The van der Waals surface area contributed by atoms with E-state index < -0.39 is 0 Å². The van der Waals surface area contributed by atoms with Gasteiger partial charge in [0.1, 0.15) is 12.4 Å². The van der Waals surface area contributed by atoms with Crippen molar-refractivity contribution >= 4 is 23.3 Å². The Balaban J connectivity index is 1.71. The van der Waals surface area contributed by atoms with E-state index in [4.69, 9.17) is 21.1 Å². The summed E-state index contributed by atoms with van der Waals surface area (Å²) >= 11 is 5.89. The molecule has 0 saturated carbocycles. The summed E-state index contributed by atoms with van der Waals surface area (Å²) in [5.41, 5.74) is 2.45. The molecule has 2 aromatic carbocycles. The smallest absolute Gasteiger partial charge is 0.256 e. The number of aryl methyl sites for hydroxylation is 1. The number of carbonyl (C=O) groups excluding carboxylic acids is 1. The fourth-order valence-corrected chi connectivity index (χ4v) is 2.59. The average Bonchev–Trinajstić information content (AvgIpc) is 2.67. The quantitative estimate of drug-likeness (QED) is 0.659. The zero-order valence-electron chi connectivity index (χ0n) is 15.0. The maximum absolute atomic E-state index is 12.5. The summed E-state index contributed by atoms with van der Waals surface area (Å²) in [5.74, 6) is 1.27. The number of nitrogens with one attached hydrogen (secondary N) is 1. The molecule has 0 saturated heterocycles. The fourth-order valence-electron chi connectivity index (χ4n) is 2.46. The standard InChI is InChI=1S/C21H19ClN2O3/c1-14-9-10-23-20(11-14)24-21(25)16-5-8-18(19(12-16)26-2)27-13-15-3-6-17(22)7-4-15/h3-12H,13H2,1-2H3,(H,23,24,25). The molecule has 5 nitrogen and oxygen atoms in total. The minimum atomic E-state index is -0.268. The van der Waals surface area contributed by atoms with E-state index in [2.05, 4.69) is 10.3 Å². The summed E-state index contributed by atoms with van der Waals surface area (Å²) in [6.45, 7) is 2.31. The number of amides is 1. The number of pyridine rings is 1. The third kappa shape index (κ3) is 4.99. The van der Waals surface area contributed by atoms with E-state index in [0.717, 1.165) is 11.1 Å². The molecule has 3 aromatic rings. The molecule has 138 valence electrons. The van der Waals surface area contributed by atoms with Crippen LogP contribution in [0.2, 0.25) is 5.02 Å². The van der Waals surface area contributed by atoms with E-state index >= 15 is 0 Å². The molecule has 1 heterocycles. The number of hydrogen-bond acceptors (Lipinski definition) is 4. The van der Waals surface area contributed by atoms with Gasteiger partial charge in [0.2, 0.25) is 0 Å². The van der Waals surface area contributed by atoms with Gasteiger partial charge in [0.05, 0.1) is 7.11 Å². The van der Waals surface area contributed by atoms with Crippen LogP contribution in [0.15, 0.2) is 60.8 Å². The molecule has 3 rings (SSSR count). The number of anilines is 1. The Morgan fingerprint density at radius 3 is 2.56 bits per heavy atom. The third-order valence-corrected chi connectivity index (χ3v) is 4.14. The Kier molecular flexibility index (Phi) is 5.94. The van der Waals surface area contributed by atoms with Crippen molar-refractivity contribution in [2.75, 3.05) is 12.4 Å². The van der Waals surface area contributed by atoms with Crippen LogP contribution < -0.4 is 14.8 Å². The predicted octanol–water partition coefficient (Wildman–Crippen LogP) is 4.88. The maximum Gasteiger partial charge on any atom is 0.256 e.